The van der Waals surface area contributed by atoms with E-state index in [2.05, 4.69) is 17.1 Å². The summed E-state index contributed by atoms with van der Waals surface area (Å²) in [6, 6.07) is 0.956. The number of hydrogen-bond donors (Lipinski definition) is 1. The van der Waals surface area contributed by atoms with Gasteiger partial charge in [0.1, 0.15) is 0 Å². The zero-order valence-corrected chi connectivity index (χ0v) is 12.8. The molecule has 2 nitrogen and oxygen atoms in total. The minimum atomic E-state index is 0.643. The Morgan fingerprint density at radius 3 is 2.68 bits per heavy atom. The minimum Gasteiger partial charge on any atom is -0.317 e. The fraction of sp³-hybridized carbons (Fsp3) is 1.00. The van der Waals surface area contributed by atoms with E-state index in [4.69, 9.17) is 0 Å². The largest absolute Gasteiger partial charge is 0.317 e. The van der Waals surface area contributed by atoms with E-state index in [1.807, 2.05) is 0 Å². The van der Waals surface area contributed by atoms with Crippen molar-refractivity contribution in [2.45, 2.75) is 70.8 Å². The summed E-state index contributed by atoms with van der Waals surface area (Å²) >= 11 is 0. The fourth-order valence-electron chi connectivity index (χ4n) is 5.16. The van der Waals surface area contributed by atoms with Crippen molar-refractivity contribution in [2.75, 3.05) is 26.2 Å². The van der Waals surface area contributed by atoms with Crippen molar-refractivity contribution < 1.29 is 0 Å². The Morgan fingerprint density at radius 2 is 1.89 bits per heavy atom. The van der Waals surface area contributed by atoms with Crippen molar-refractivity contribution in [3.05, 3.63) is 0 Å². The van der Waals surface area contributed by atoms with E-state index in [9.17, 15) is 0 Å². The Balaban J connectivity index is 1.66. The van der Waals surface area contributed by atoms with Crippen molar-refractivity contribution >= 4 is 0 Å². The first-order chi connectivity index (χ1) is 9.33. The lowest BCUT2D eigenvalue weighted by Gasteiger charge is -2.46. The van der Waals surface area contributed by atoms with Crippen LogP contribution < -0.4 is 5.32 Å². The Kier molecular flexibility index (Phi) is 4.48. The Bertz CT molecular complexity index is 277. The normalized spacial score (nSPS) is 35.2. The number of fused-ring (bicyclic) bond motifs is 1. The summed E-state index contributed by atoms with van der Waals surface area (Å²) in [4.78, 5) is 2.92. The summed E-state index contributed by atoms with van der Waals surface area (Å²) < 4.78 is 0. The lowest BCUT2D eigenvalue weighted by atomic mass is 9.74. The molecule has 0 bridgehead atoms. The molecule has 2 saturated heterocycles. The van der Waals surface area contributed by atoms with Crippen molar-refractivity contribution in [1.82, 2.24) is 10.2 Å². The second kappa shape index (κ2) is 6.13. The summed E-state index contributed by atoms with van der Waals surface area (Å²) in [6.45, 7) is 7.67. The quantitative estimate of drug-likeness (QED) is 0.837. The Hall–Kier alpha value is -0.0800. The number of piperidine rings is 2. The molecule has 1 aliphatic carbocycles. The smallest absolute Gasteiger partial charge is 0.0124 e. The summed E-state index contributed by atoms with van der Waals surface area (Å²) in [7, 11) is 0. The van der Waals surface area contributed by atoms with Crippen molar-refractivity contribution in [3.63, 3.8) is 0 Å². The first-order valence-corrected chi connectivity index (χ1v) is 8.78. The second-order valence-corrected chi connectivity index (χ2v) is 7.37. The van der Waals surface area contributed by atoms with Crippen LogP contribution in [0.4, 0.5) is 0 Å². The van der Waals surface area contributed by atoms with Crippen molar-refractivity contribution in [3.8, 4) is 0 Å². The molecule has 0 aromatic heterocycles. The molecule has 3 rings (SSSR count). The Labute approximate surface area is 119 Å². The highest BCUT2D eigenvalue weighted by molar-refractivity contribution is 4.94. The Morgan fingerprint density at radius 1 is 1.11 bits per heavy atom. The average molecular weight is 264 g/mol. The van der Waals surface area contributed by atoms with Crippen LogP contribution in [0, 0.1) is 11.3 Å². The fourth-order valence-corrected chi connectivity index (χ4v) is 5.16. The molecule has 2 heteroatoms. The molecule has 0 aromatic rings. The van der Waals surface area contributed by atoms with E-state index in [0.717, 1.165) is 12.0 Å². The summed E-state index contributed by atoms with van der Waals surface area (Å²) in [5, 5.41) is 3.56. The molecule has 0 spiro atoms. The highest BCUT2D eigenvalue weighted by atomic mass is 15.2. The predicted octanol–water partition coefficient (Wildman–Crippen LogP) is 3.42. The number of hydrogen-bond acceptors (Lipinski definition) is 2. The van der Waals surface area contributed by atoms with Crippen LogP contribution in [-0.4, -0.2) is 37.1 Å². The van der Waals surface area contributed by atoms with E-state index in [1.54, 1.807) is 0 Å². The van der Waals surface area contributed by atoms with Crippen molar-refractivity contribution in [1.29, 1.82) is 0 Å². The lowest BCUT2D eigenvalue weighted by molar-refractivity contribution is 0.0375. The molecular formula is C17H32N2. The van der Waals surface area contributed by atoms with Crippen molar-refractivity contribution in [2.24, 2.45) is 11.3 Å². The van der Waals surface area contributed by atoms with Gasteiger partial charge in [0.15, 0.2) is 0 Å². The molecule has 0 amide bonds. The van der Waals surface area contributed by atoms with Crippen LogP contribution in [-0.2, 0) is 0 Å². The maximum absolute atomic E-state index is 3.56. The van der Waals surface area contributed by atoms with Crippen LogP contribution in [0.25, 0.3) is 0 Å². The van der Waals surface area contributed by atoms with Gasteiger partial charge in [-0.25, -0.2) is 0 Å². The SMILES string of the molecule is CCCC1(CN2CCCC3CCCC32)CCNCC1. The molecular weight excluding hydrogens is 232 g/mol. The third-order valence-corrected chi connectivity index (χ3v) is 6.09. The van der Waals surface area contributed by atoms with Crippen LogP contribution in [0.15, 0.2) is 0 Å². The zero-order chi connectivity index (χ0) is 13.1. The van der Waals surface area contributed by atoms with Crippen LogP contribution >= 0.6 is 0 Å². The van der Waals surface area contributed by atoms with E-state index in [-0.39, 0.29) is 0 Å². The van der Waals surface area contributed by atoms with Gasteiger partial charge >= 0.3 is 0 Å². The molecule has 110 valence electrons. The average Bonchev–Trinajstić information content (AvgIpc) is 2.89. The summed E-state index contributed by atoms with van der Waals surface area (Å²) in [5.74, 6) is 1.05. The lowest BCUT2D eigenvalue weighted by Crippen LogP contribution is -2.50. The molecule has 19 heavy (non-hydrogen) atoms. The van der Waals surface area contributed by atoms with Crippen LogP contribution in [0.2, 0.25) is 0 Å². The molecule has 2 heterocycles. The predicted molar refractivity (Wildman–Crippen MR) is 81.4 cm³/mol. The van der Waals surface area contributed by atoms with E-state index in [1.165, 1.54) is 84.0 Å². The maximum Gasteiger partial charge on any atom is 0.0124 e. The van der Waals surface area contributed by atoms with Gasteiger partial charge in [-0.05, 0) is 75.9 Å². The van der Waals surface area contributed by atoms with Gasteiger partial charge in [0, 0.05) is 12.6 Å². The van der Waals surface area contributed by atoms with Gasteiger partial charge in [0.25, 0.3) is 0 Å². The molecule has 3 aliphatic rings. The van der Waals surface area contributed by atoms with Gasteiger partial charge < -0.3 is 5.32 Å². The zero-order valence-electron chi connectivity index (χ0n) is 12.8. The van der Waals surface area contributed by atoms with E-state index >= 15 is 0 Å². The third kappa shape index (κ3) is 3.00. The van der Waals surface area contributed by atoms with Gasteiger partial charge in [-0.15, -0.1) is 0 Å². The van der Waals surface area contributed by atoms with Gasteiger partial charge in [-0.2, -0.15) is 0 Å². The van der Waals surface area contributed by atoms with Crippen LogP contribution in [0.3, 0.4) is 0 Å². The highest BCUT2D eigenvalue weighted by Crippen LogP contribution is 2.41. The van der Waals surface area contributed by atoms with Gasteiger partial charge in [-0.1, -0.05) is 19.8 Å². The molecule has 1 saturated carbocycles. The summed E-state index contributed by atoms with van der Waals surface area (Å²) in [6.07, 6.45) is 13.1. The molecule has 1 N–H and O–H groups in total. The summed E-state index contributed by atoms with van der Waals surface area (Å²) in [5.41, 5.74) is 0.643. The van der Waals surface area contributed by atoms with Crippen LogP contribution in [0.5, 0.6) is 0 Å². The van der Waals surface area contributed by atoms with Gasteiger partial charge in [0.2, 0.25) is 0 Å². The molecule has 2 aliphatic heterocycles. The monoisotopic (exact) mass is 264 g/mol. The van der Waals surface area contributed by atoms with Gasteiger partial charge in [-0.3, -0.25) is 4.90 Å². The first kappa shape index (κ1) is 13.9. The topological polar surface area (TPSA) is 15.3 Å². The number of rotatable bonds is 4. The number of nitrogens with one attached hydrogen (secondary N) is 1. The maximum atomic E-state index is 3.56. The number of likely N-dealkylation sites (tertiary alicyclic amines) is 1. The van der Waals surface area contributed by atoms with Crippen LogP contribution in [0.1, 0.15) is 64.7 Å². The van der Waals surface area contributed by atoms with E-state index in [0.29, 0.717) is 5.41 Å². The molecule has 0 radical (unpaired) electrons. The van der Waals surface area contributed by atoms with E-state index < -0.39 is 0 Å². The molecule has 2 unspecified atom stereocenters. The molecule has 2 atom stereocenters. The highest BCUT2D eigenvalue weighted by Gasteiger charge is 2.40. The standard InChI is InChI=1S/C17H32N2/c1-2-8-17(9-11-18-12-10-17)14-19-13-4-6-15-5-3-7-16(15)19/h15-16,18H,2-14H2,1H3. The van der Waals surface area contributed by atoms with Gasteiger partial charge in [0.05, 0.1) is 0 Å². The minimum absolute atomic E-state index is 0.643. The number of nitrogens with zero attached hydrogens (tertiary/aromatic N) is 1. The molecule has 0 aromatic carbocycles. The first-order valence-electron chi connectivity index (χ1n) is 8.78. The second-order valence-electron chi connectivity index (χ2n) is 7.37. The third-order valence-electron chi connectivity index (χ3n) is 6.09. The molecule has 3 fully saturated rings.